The van der Waals surface area contributed by atoms with Crippen LogP contribution in [0.2, 0.25) is 0 Å². The maximum Gasteiger partial charge on any atom is 0.252 e. The molecule has 0 atom stereocenters. The molecule has 0 bridgehead atoms. The second kappa shape index (κ2) is 7.02. The third-order valence-corrected chi connectivity index (χ3v) is 3.04. The highest BCUT2D eigenvalue weighted by atomic mass is 16.1. The molecule has 7 heteroatoms. The fourth-order valence-corrected chi connectivity index (χ4v) is 2.01. The zero-order valence-corrected chi connectivity index (χ0v) is 13.4. The van der Waals surface area contributed by atoms with Crippen LogP contribution < -0.4 is 16.2 Å². The average Bonchev–Trinajstić information content (AvgIpc) is 2.42. The molecule has 0 radical (unpaired) electrons. The quantitative estimate of drug-likeness (QED) is 0.705. The molecule has 2 rings (SSSR count). The van der Waals surface area contributed by atoms with Gasteiger partial charge in [-0.15, -0.1) is 0 Å². The van der Waals surface area contributed by atoms with E-state index >= 15 is 0 Å². The van der Waals surface area contributed by atoms with Crippen LogP contribution in [0.4, 0.5) is 11.8 Å². The highest BCUT2D eigenvalue weighted by Crippen LogP contribution is 2.15. The van der Waals surface area contributed by atoms with Gasteiger partial charge in [0.15, 0.2) is 0 Å². The number of aromatic nitrogens is 4. The van der Waals surface area contributed by atoms with Crippen molar-refractivity contribution in [3.63, 3.8) is 0 Å². The fraction of sp³-hybridized carbons (Fsp3) is 0.467. The van der Waals surface area contributed by atoms with Crippen molar-refractivity contribution >= 4 is 11.8 Å². The van der Waals surface area contributed by atoms with Crippen molar-refractivity contribution in [2.45, 2.75) is 33.6 Å². The molecule has 2 aromatic rings. The van der Waals surface area contributed by atoms with E-state index in [-0.39, 0.29) is 5.56 Å². The van der Waals surface area contributed by atoms with E-state index in [2.05, 4.69) is 44.4 Å². The number of hydrogen-bond acceptors (Lipinski definition) is 6. The summed E-state index contributed by atoms with van der Waals surface area (Å²) >= 11 is 0. The number of rotatable bonds is 6. The zero-order chi connectivity index (χ0) is 16.1. The number of nitrogens with one attached hydrogen (secondary N) is 3. The van der Waals surface area contributed by atoms with Gasteiger partial charge in [0.1, 0.15) is 11.6 Å². The molecule has 3 N–H and O–H groups in total. The summed E-state index contributed by atoms with van der Waals surface area (Å²) in [6.07, 6.45) is 0. The van der Waals surface area contributed by atoms with Crippen LogP contribution in [0.25, 0.3) is 0 Å². The number of hydrogen-bond donors (Lipinski definition) is 3. The summed E-state index contributed by atoms with van der Waals surface area (Å²) in [5, 5.41) is 6.32. The molecular formula is C15H22N6O. The lowest BCUT2D eigenvalue weighted by Crippen LogP contribution is -2.19. The van der Waals surface area contributed by atoms with Crippen molar-refractivity contribution in [2.75, 3.05) is 23.7 Å². The maximum atomic E-state index is 11.3. The minimum absolute atomic E-state index is 0.157. The van der Waals surface area contributed by atoms with Gasteiger partial charge in [0, 0.05) is 36.6 Å². The molecule has 0 unspecified atom stereocenters. The van der Waals surface area contributed by atoms with Gasteiger partial charge < -0.3 is 10.6 Å². The first-order chi connectivity index (χ1) is 10.4. The third kappa shape index (κ3) is 4.54. The third-order valence-electron chi connectivity index (χ3n) is 3.04. The monoisotopic (exact) mass is 302 g/mol. The van der Waals surface area contributed by atoms with Gasteiger partial charge in [0.05, 0.1) is 0 Å². The molecule has 0 saturated heterocycles. The van der Waals surface area contributed by atoms with Crippen molar-refractivity contribution in [3.05, 3.63) is 39.7 Å². The van der Waals surface area contributed by atoms with E-state index in [4.69, 9.17) is 0 Å². The lowest BCUT2D eigenvalue weighted by molar-refractivity contribution is 0.801. The average molecular weight is 302 g/mol. The van der Waals surface area contributed by atoms with Crippen molar-refractivity contribution in [3.8, 4) is 0 Å². The minimum Gasteiger partial charge on any atom is -0.368 e. The smallest absolute Gasteiger partial charge is 0.252 e. The number of aromatic amines is 1. The van der Waals surface area contributed by atoms with E-state index in [0.29, 0.717) is 30.6 Å². The second-order valence-electron chi connectivity index (χ2n) is 5.47. The Morgan fingerprint density at radius 3 is 2.50 bits per heavy atom. The Morgan fingerprint density at radius 2 is 1.82 bits per heavy atom. The van der Waals surface area contributed by atoms with Crippen molar-refractivity contribution in [2.24, 2.45) is 0 Å². The van der Waals surface area contributed by atoms with Crippen LogP contribution >= 0.6 is 0 Å². The van der Waals surface area contributed by atoms with Crippen molar-refractivity contribution < 1.29 is 0 Å². The minimum atomic E-state index is -0.157. The first-order valence-corrected chi connectivity index (χ1v) is 7.35. The maximum absolute atomic E-state index is 11.3. The number of aryl methyl sites for hydroxylation is 2. The number of nitrogens with zero attached hydrogens (tertiary/aromatic N) is 3. The summed E-state index contributed by atoms with van der Waals surface area (Å²) in [5.74, 6) is 2.41. The summed E-state index contributed by atoms with van der Waals surface area (Å²) in [5.41, 5.74) is 1.55. The van der Waals surface area contributed by atoms with Crippen LogP contribution in [-0.2, 0) is 0 Å². The van der Waals surface area contributed by atoms with E-state index in [1.165, 1.54) is 6.07 Å². The van der Waals surface area contributed by atoms with Crippen molar-refractivity contribution in [1.82, 2.24) is 19.9 Å². The summed E-state index contributed by atoms with van der Waals surface area (Å²) in [7, 11) is 0. The Hall–Kier alpha value is -2.44. The molecule has 118 valence electrons. The first kappa shape index (κ1) is 15.9. The first-order valence-electron chi connectivity index (χ1n) is 7.35. The summed E-state index contributed by atoms with van der Waals surface area (Å²) in [6.45, 7) is 9.16. The second-order valence-corrected chi connectivity index (χ2v) is 5.47. The van der Waals surface area contributed by atoms with Crippen LogP contribution in [0.1, 0.15) is 37.0 Å². The van der Waals surface area contributed by atoms with Gasteiger partial charge >= 0.3 is 0 Å². The Morgan fingerprint density at radius 1 is 1.09 bits per heavy atom. The normalized spacial score (nSPS) is 10.8. The number of H-pyrrole nitrogens is 1. The predicted octanol–water partition coefficient (Wildman–Crippen LogP) is 1.82. The number of anilines is 2. The van der Waals surface area contributed by atoms with Crippen LogP contribution in [0.15, 0.2) is 16.9 Å². The molecule has 0 saturated carbocycles. The topological polar surface area (TPSA) is 95.6 Å². The van der Waals surface area contributed by atoms with E-state index in [0.717, 1.165) is 17.3 Å². The molecule has 7 nitrogen and oxygen atoms in total. The SMILES string of the molecule is Cc1cc(=O)[nH]c(NCCNc2cc(C(C)C)nc(C)n2)n1. The molecule has 2 heterocycles. The van der Waals surface area contributed by atoms with E-state index < -0.39 is 0 Å². The van der Waals surface area contributed by atoms with Gasteiger partial charge in [-0.1, -0.05) is 13.8 Å². The Kier molecular flexibility index (Phi) is 5.08. The Bertz CT molecular complexity index is 695. The van der Waals surface area contributed by atoms with Gasteiger partial charge in [-0.05, 0) is 19.8 Å². The largest absolute Gasteiger partial charge is 0.368 e. The molecule has 22 heavy (non-hydrogen) atoms. The molecule has 0 spiro atoms. The molecule has 0 amide bonds. The van der Waals surface area contributed by atoms with Gasteiger partial charge in [-0.25, -0.2) is 15.0 Å². The van der Waals surface area contributed by atoms with Crippen LogP contribution in [0.5, 0.6) is 0 Å². The summed E-state index contributed by atoms with van der Waals surface area (Å²) in [6, 6.07) is 3.42. The van der Waals surface area contributed by atoms with Crippen LogP contribution in [0, 0.1) is 13.8 Å². The molecule has 0 fully saturated rings. The van der Waals surface area contributed by atoms with Crippen molar-refractivity contribution in [1.29, 1.82) is 0 Å². The van der Waals surface area contributed by atoms with Gasteiger partial charge in [-0.2, -0.15) is 0 Å². The highest BCUT2D eigenvalue weighted by molar-refractivity contribution is 5.37. The van der Waals surface area contributed by atoms with Gasteiger partial charge in [-0.3, -0.25) is 9.78 Å². The van der Waals surface area contributed by atoms with Crippen LogP contribution in [-0.4, -0.2) is 33.0 Å². The Labute approximate surface area is 129 Å². The molecule has 0 aromatic carbocycles. The van der Waals surface area contributed by atoms with Gasteiger partial charge in [0.2, 0.25) is 5.95 Å². The van der Waals surface area contributed by atoms with E-state index in [1.54, 1.807) is 6.92 Å². The molecular weight excluding hydrogens is 280 g/mol. The molecule has 0 aliphatic rings. The summed E-state index contributed by atoms with van der Waals surface area (Å²) < 4.78 is 0. The van der Waals surface area contributed by atoms with Gasteiger partial charge in [0.25, 0.3) is 5.56 Å². The Balaban J connectivity index is 1.90. The standard InChI is InChI=1S/C15H22N6O/c1-9(2)12-8-13(20-11(4)19-12)16-5-6-17-15-18-10(3)7-14(22)21-15/h7-9H,5-6H2,1-4H3,(H,16,19,20)(H2,17,18,21,22). The molecule has 0 aliphatic heterocycles. The highest BCUT2D eigenvalue weighted by Gasteiger charge is 2.05. The lowest BCUT2D eigenvalue weighted by Gasteiger charge is -2.11. The predicted molar refractivity (Wildman–Crippen MR) is 87.4 cm³/mol. The van der Waals surface area contributed by atoms with Crippen LogP contribution in [0.3, 0.4) is 0 Å². The lowest BCUT2D eigenvalue weighted by atomic mass is 10.1. The molecule has 2 aromatic heterocycles. The molecule has 0 aliphatic carbocycles. The van der Waals surface area contributed by atoms with E-state index in [9.17, 15) is 4.79 Å². The van der Waals surface area contributed by atoms with E-state index in [1.807, 2.05) is 13.0 Å². The zero-order valence-electron chi connectivity index (χ0n) is 13.4. The summed E-state index contributed by atoms with van der Waals surface area (Å²) in [4.78, 5) is 27.0. The fourth-order valence-electron chi connectivity index (χ4n) is 2.01.